The Kier molecular flexibility index (Phi) is 5.33. The number of non-ortho nitro benzene ring substituents is 1. The van der Waals surface area contributed by atoms with Gasteiger partial charge in [-0.3, -0.25) is 10.1 Å². The minimum Gasteiger partial charge on any atom is -0.462 e. The Morgan fingerprint density at radius 3 is 2.57 bits per heavy atom. The van der Waals surface area contributed by atoms with Gasteiger partial charge in [-0.15, -0.1) is 0 Å². The smallest absolute Gasteiger partial charge is 0.339 e. The largest absolute Gasteiger partial charge is 0.462 e. The SMILES string of the molecule is CCOC(=O)c1cc([N+](=O)[O-])ccc1Sc1ccc(C#N)cc1. The molecule has 116 valence electrons. The van der Waals surface area contributed by atoms with E-state index in [1.54, 1.807) is 31.2 Å². The molecular formula is C16H12N2O4S. The molecule has 0 bridgehead atoms. The zero-order valence-corrected chi connectivity index (χ0v) is 13.0. The maximum absolute atomic E-state index is 12.0. The summed E-state index contributed by atoms with van der Waals surface area (Å²) in [6.07, 6.45) is 0. The minimum absolute atomic E-state index is 0.149. The van der Waals surface area contributed by atoms with E-state index in [9.17, 15) is 14.9 Å². The highest BCUT2D eigenvalue weighted by molar-refractivity contribution is 7.99. The number of nitro benzene ring substituents is 1. The van der Waals surface area contributed by atoms with Crippen LogP contribution in [-0.2, 0) is 4.74 Å². The monoisotopic (exact) mass is 328 g/mol. The van der Waals surface area contributed by atoms with E-state index in [0.29, 0.717) is 10.5 Å². The van der Waals surface area contributed by atoms with Crippen molar-refractivity contribution in [3.05, 3.63) is 63.7 Å². The summed E-state index contributed by atoms with van der Waals surface area (Å²) >= 11 is 1.28. The van der Waals surface area contributed by atoms with Gasteiger partial charge in [-0.2, -0.15) is 5.26 Å². The van der Waals surface area contributed by atoms with E-state index in [4.69, 9.17) is 10.00 Å². The van der Waals surface area contributed by atoms with Crippen LogP contribution in [0, 0.1) is 21.4 Å². The van der Waals surface area contributed by atoms with Crippen molar-refractivity contribution in [2.75, 3.05) is 6.61 Å². The molecule has 2 aromatic carbocycles. The van der Waals surface area contributed by atoms with E-state index < -0.39 is 10.9 Å². The molecule has 0 amide bonds. The Bertz CT molecular complexity index is 782. The molecule has 7 heteroatoms. The Hall–Kier alpha value is -2.85. The van der Waals surface area contributed by atoms with Gasteiger partial charge in [0.2, 0.25) is 0 Å². The lowest BCUT2D eigenvalue weighted by Gasteiger charge is -2.08. The highest BCUT2D eigenvalue weighted by atomic mass is 32.2. The Morgan fingerprint density at radius 2 is 2.00 bits per heavy atom. The zero-order chi connectivity index (χ0) is 16.8. The molecule has 0 spiro atoms. The van der Waals surface area contributed by atoms with Gasteiger partial charge in [0.25, 0.3) is 5.69 Å². The predicted molar refractivity (Wildman–Crippen MR) is 84.3 cm³/mol. The predicted octanol–water partition coefficient (Wildman–Crippen LogP) is 3.79. The van der Waals surface area contributed by atoms with Gasteiger partial charge in [0.1, 0.15) is 0 Å². The number of benzene rings is 2. The third-order valence-corrected chi connectivity index (χ3v) is 3.96. The normalized spacial score (nSPS) is 9.91. The summed E-state index contributed by atoms with van der Waals surface area (Å²) in [5, 5.41) is 19.7. The molecule has 6 nitrogen and oxygen atoms in total. The zero-order valence-electron chi connectivity index (χ0n) is 12.2. The lowest BCUT2D eigenvalue weighted by Crippen LogP contribution is -2.07. The highest BCUT2D eigenvalue weighted by Crippen LogP contribution is 2.33. The van der Waals surface area contributed by atoms with Gasteiger partial charge in [-0.1, -0.05) is 11.8 Å². The van der Waals surface area contributed by atoms with Crippen LogP contribution < -0.4 is 0 Å². The van der Waals surface area contributed by atoms with Crippen LogP contribution in [0.5, 0.6) is 0 Å². The van der Waals surface area contributed by atoms with Crippen molar-refractivity contribution in [2.45, 2.75) is 16.7 Å². The van der Waals surface area contributed by atoms with Crippen molar-refractivity contribution in [3.8, 4) is 6.07 Å². The molecule has 0 N–H and O–H groups in total. The van der Waals surface area contributed by atoms with Gasteiger partial charge >= 0.3 is 5.97 Å². The fourth-order valence-electron chi connectivity index (χ4n) is 1.81. The summed E-state index contributed by atoms with van der Waals surface area (Å²) in [5.74, 6) is -0.604. The molecule has 0 aliphatic rings. The number of hydrogen-bond acceptors (Lipinski definition) is 6. The van der Waals surface area contributed by atoms with E-state index in [1.165, 1.54) is 30.0 Å². The van der Waals surface area contributed by atoms with Crippen molar-refractivity contribution in [1.29, 1.82) is 5.26 Å². The lowest BCUT2D eigenvalue weighted by molar-refractivity contribution is -0.384. The van der Waals surface area contributed by atoms with Gasteiger partial charge in [-0.05, 0) is 37.3 Å². The maximum Gasteiger partial charge on any atom is 0.339 e. The topological polar surface area (TPSA) is 93.2 Å². The standard InChI is InChI=1S/C16H12N2O4S/c1-2-22-16(19)14-9-12(18(20)21)5-8-15(14)23-13-6-3-11(10-17)4-7-13/h3-9H,2H2,1H3. The second-order valence-corrected chi connectivity index (χ2v) is 5.51. The number of ether oxygens (including phenoxy) is 1. The van der Waals surface area contributed by atoms with Crippen LogP contribution >= 0.6 is 11.8 Å². The van der Waals surface area contributed by atoms with Crippen LogP contribution in [0.15, 0.2) is 52.3 Å². The minimum atomic E-state index is -0.604. The summed E-state index contributed by atoms with van der Waals surface area (Å²) in [4.78, 5) is 23.7. The third-order valence-electron chi connectivity index (χ3n) is 2.88. The second kappa shape index (κ2) is 7.42. The van der Waals surface area contributed by atoms with Crippen molar-refractivity contribution in [2.24, 2.45) is 0 Å². The summed E-state index contributed by atoms with van der Waals surface area (Å²) in [6.45, 7) is 1.85. The summed E-state index contributed by atoms with van der Waals surface area (Å²) in [6, 6.07) is 12.9. The highest BCUT2D eigenvalue weighted by Gasteiger charge is 2.18. The van der Waals surface area contributed by atoms with Crippen molar-refractivity contribution in [1.82, 2.24) is 0 Å². The molecule has 0 atom stereocenters. The summed E-state index contributed by atoms with van der Waals surface area (Å²) < 4.78 is 4.96. The first kappa shape index (κ1) is 16.5. The van der Waals surface area contributed by atoms with Gasteiger partial charge in [0, 0.05) is 21.9 Å². The Labute approximate surface area is 136 Å². The van der Waals surface area contributed by atoms with E-state index >= 15 is 0 Å². The van der Waals surface area contributed by atoms with E-state index in [0.717, 1.165) is 4.90 Å². The molecule has 0 fully saturated rings. The molecule has 0 saturated carbocycles. The van der Waals surface area contributed by atoms with Crippen LogP contribution in [0.3, 0.4) is 0 Å². The molecule has 0 aromatic heterocycles. The Balaban J connectivity index is 2.37. The van der Waals surface area contributed by atoms with E-state index in [1.807, 2.05) is 6.07 Å². The van der Waals surface area contributed by atoms with Crippen LogP contribution in [0.25, 0.3) is 0 Å². The first-order valence-electron chi connectivity index (χ1n) is 6.68. The van der Waals surface area contributed by atoms with Crippen LogP contribution in [0.1, 0.15) is 22.8 Å². The average molecular weight is 328 g/mol. The summed E-state index contributed by atoms with van der Waals surface area (Å²) in [5.41, 5.74) is 0.510. The van der Waals surface area contributed by atoms with Crippen LogP contribution in [0.2, 0.25) is 0 Å². The molecule has 23 heavy (non-hydrogen) atoms. The van der Waals surface area contributed by atoms with E-state index in [2.05, 4.69) is 0 Å². The Morgan fingerprint density at radius 1 is 1.30 bits per heavy atom. The maximum atomic E-state index is 12.0. The van der Waals surface area contributed by atoms with Crippen molar-refractivity contribution >= 4 is 23.4 Å². The number of esters is 1. The van der Waals surface area contributed by atoms with Gasteiger partial charge < -0.3 is 4.74 Å². The molecule has 2 rings (SSSR count). The number of carbonyl (C=O) groups is 1. The van der Waals surface area contributed by atoms with E-state index in [-0.39, 0.29) is 17.9 Å². The lowest BCUT2D eigenvalue weighted by atomic mass is 10.2. The summed E-state index contributed by atoms with van der Waals surface area (Å²) in [7, 11) is 0. The quantitative estimate of drug-likeness (QED) is 0.471. The molecule has 0 unspecified atom stereocenters. The first-order valence-corrected chi connectivity index (χ1v) is 7.50. The molecule has 2 aromatic rings. The molecule has 0 aliphatic carbocycles. The molecule has 0 saturated heterocycles. The number of rotatable bonds is 5. The van der Waals surface area contributed by atoms with Crippen LogP contribution in [-0.4, -0.2) is 17.5 Å². The number of nitriles is 1. The number of nitro groups is 1. The molecule has 0 radical (unpaired) electrons. The van der Waals surface area contributed by atoms with Gasteiger partial charge in [-0.25, -0.2) is 4.79 Å². The number of hydrogen-bond donors (Lipinski definition) is 0. The van der Waals surface area contributed by atoms with Gasteiger partial charge in [0.15, 0.2) is 0 Å². The van der Waals surface area contributed by atoms with Crippen molar-refractivity contribution in [3.63, 3.8) is 0 Å². The van der Waals surface area contributed by atoms with Crippen LogP contribution in [0.4, 0.5) is 5.69 Å². The average Bonchev–Trinajstić information content (AvgIpc) is 2.56. The molecule has 0 aliphatic heterocycles. The number of carbonyl (C=O) groups excluding carboxylic acids is 1. The fourth-order valence-corrected chi connectivity index (χ4v) is 2.73. The molecule has 0 heterocycles. The second-order valence-electron chi connectivity index (χ2n) is 4.40. The fraction of sp³-hybridized carbons (Fsp3) is 0.125. The van der Waals surface area contributed by atoms with Crippen molar-refractivity contribution < 1.29 is 14.5 Å². The van der Waals surface area contributed by atoms with Gasteiger partial charge in [0.05, 0.1) is 28.7 Å². The molecular weight excluding hydrogens is 316 g/mol. The third kappa shape index (κ3) is 4.08. The number of nitrogens with zero attached hydrogens (tertiary/aromatic N) is 2. The first-order chi connectivity index (χ1) is 11.0.